The quantitative estimate of drug-likeness (QED) is 0.504. The van der Waals surface area contributed by atoms with E-state index in [1.807, 2.05) is 0 Å². The number of rotatable bonds is 7. The van der Waals surface area contributed by atoms with Crippen LogP contribution in [0.25, 0.3) is 0 Å². The molecule has 1 aromatic carbocycles. The first-order valence-corrected chi connectivity index (χ1v) is 10.3. The zero-order valence-electron chi connectivity index (χ0n) is 19.7. The van der Waals surface area contributed by atoms with E-state index in [4.69, 9.17) is 9.47 Å². The number of cyclic esters (lactones) is 1. The van der Waals surface area contributed by atoms with Crippen LogP contribution in [-0.2, 0) is 19.1 Å². The van der Waals surface area contributed by atoms with E-state index in [9.17, 15) is 24.0 Å². The number of nitrogens with zero attached hydrogens (tertiary/aromatic N) is 1. The molecule has 1 aliphatic heterocycles. The molecule has 1 N–H and O–H groups in total. The van der Waals surface area contributed by atoms with Crippen molar-refractivity contribution in [3.05, 3.63) is 23.8 Å². The van der Waals surface area contributed by atoms with E-state index in [-0.39, 0.29) is 23.3 Å². The molecule has 0 spiro atoms. The second-order valence-corrected chi connectivity index (χ2v) is 9.49. The summed E-state index contributed by atoms with van der Waals surface area (Å²) in [6.07, 6.45) is -1.31. The van der Waals surface area contributed by atoms with Crippen molar-refractivity contribution in [2.45, 2.75) is 73.1 Å². The first-order valence-electron chi connectivity index (χ1n) is 10.3. The molecule has 9 heteroatoms. The number of nitrogens with one attached hydrogen (secondary N) is 1. The van der Waals surface area contributed by atoms with Gasteiger partial charge in [-0.25, -0.2) is 9.69 Å². The summed E-state index contributed by atoms with van der Waals surface area (Å²) in [7, 11) is 0. The highest BCUT2D eigenvalue weighted by Crippen LogP contribution is 2.32. The van der Waals surface area contributed by atoms with Crippen molar-refractivity contribution in [1.29, 1.82) is 0 Å². The fourth-order valence-electron chi connectivity index (χ4n) is 3.07. The lowest BCUT2D eigenvalue weighted by atomic mass is 9.85. The average molecular weight is 447 g/mol. The molecule has 174 valence electrons. The van der Waals surface area contributed by atoms with Gasteiger partial charge in [-0.2, -0.15) is 0 Å². The molecular formula is C23H30N2O7. The number of anilines is 1. The van der Waals surface area contributed by atoms with Gasteiger partial charge in [0.25, 0.3) is 11.8 Å². The molecule has 32 heavy (non-hydrogen) atoms. The molecule has 1 unspecified atom stereocenters. The summed E-state index contributed by atoms with van der Waals surface area (Å²) in [6.45, 7) is 12.5. The summed E-state index contributed by atoms with van der Waals surface area (Å²) in [5, 5.41) is 2.57. The minimum absolute atomic E-state index is 0.141. The van der Waals surface area contributed by atoms with Crippen LogP contribution >= 0.6 is 0 Å². The molecule has 2 rings (SSSR count). The van der Waals surface area contributed by atoms with Gasteiger partial charge in [-0.1, -0.05) is 20.8 Å². The molecular weight excluding hydrogens is 416 g/mol. The van der Waals surface area contributed by atoms with Crippen LogP contribution in [0.1, 0.15) is 65.7 Å². The van der Waals surface area contributed by atoms with Gasteiger partial charge in [0.15, 0.2) is 23.2 Å². The standard InChI is InChI=1S/C23H30N2O7/c1-12(2)31-16-10-9-14(13(3)26)11-15(16)24-19(28)17(18(27)22(4,5)6)25-20(29)23(7,8)32-21(25)30/h9-12,17H,1-8H3,(H,24,28). The Morgan fingerprint density at radius 2 is 1.72 bits per heavy atom. The number of imide groups is 1. The molecule has 1 aliphatic rings. The summed E-state index contributed by atoms with van der Waals surface area (Å²) in [5.74, 6) is -2.32. The third kappa shape index (κ3) is 5.15. The molecule has 0 bridgehead atoms. The second-order valence-electron chi connectivity index (χ2n) is 9.49. The van der Waals surface area contributed by atoms with E-state index < -0.39 is 40.7 Å². The molecule has 1 aromatic rings. The number of ether oxygens (including phenoxy) is 2. The van der Waals surface area contributed by atoms with Crippen LogP contribution in [0.5, 0.6) is 5.75 Å². The van der Waals surface area contributed by atoms with E-state index >= 15 is 0 Å². The van der Waals surface area contributed by atoms with Crippen LogP contribution in [0, 0.1) is 5.41 Å². The van der Waals surface area contributed by atoms with Gasteiger partial charge in [-0.3, -0.25) is 19.2 Å². The van der Waals surface area contributed by atoms with Crippen LogP contribution in [0.2, 0.25) is 0 Å². The number of carbonyl (C=O) groups is 5. The SMILES string of the molecule is CC(=O)c1ccc(OC(C)C)c(NC(=O)C(C(=O)C(C)(C)C)N2C(=O)OC(C)(C)C2=O)c1. The number of amides is 3. The fourth-order valence-corrected chi connectivity index (χ4v) is 3.07. The smallest absolute Gasteiger partial charge is 0.418 e. The number of Topliss-reactive ketones (excluding diaryl/α,β-unsaturated/α-hetero) is 2. The predicted molar refractivity (Wildman–Crippen MR) is 116 cm³/mol. The zero-order chi connectivity index (χ0) is 24.6. The Bertz CT molecular complexity index is 973. The van der Waals surface area contributed by atoms with Crippen molar-refractivity contribution in [1.82, 2.24) is 4.90 Å². The van der Waals surface area contributed by atoms with Crippen molar-refractivity contribution < 1.29 is 33.4 Å². The summed E-state index contributed by atoms with van der Waals surface area (Å²) >= 11 is 0. The van der Waals surface area contributed by atoms with Crippen molar-refractivity contribution in [2.24, 2.45) is 5.41 Å². The van der Waals surface area contributed by atoms with Gasteiger partial charge in [0.05, 0.1) is 11.8 Å². The Balaban J connectivity index is 2.53. The number of hydrogen-bond acceptors (Lipinski definition) is 7. The molecule has 0 radical (unpaired) electrons. The lowest BCUT2D eigenvalue weighted by Crippen LogP contribution is -2.55. The first kappa shape index (κ1) is 25.0. The molecule has 1 saturated heterocycles. The number of benzene rings is 1. The van der Waals surface area contributed by atoms with Crippen molar-refractivity contribution >= 4 is 35.2 Å². The van der Waals surface area contributed by atoms with E-state index in [1.54, 1.807) is 40.7 Å². The summed E-state index contributed by atoms with van der Waals surface area (Å²) < 4.78 is 10.8. The lowest BCUT2D eigenvalue weighted by molar-refractivity contribution is -0.145. The van der Waals surface area contributed by atoms with Crippen molar-refractivity contribution in [2.75, 3.05) is 5.32 Å². The Hall–Kier alpha value is -3.23. The first-order chi connectivity index (χ1) is 14.6. The van der Waals surface area contributed by atoms with E-state index in [1.165, 1.54) is 32.9 Å². The van der Waals surface area contributed by atoms with E-state index in [0.717, 1.165) is 0 Å². The molecule has 9 nitrogen and oxygen atoms in total. The summed E-state index contributed by atoms with van der Waals surface area (Å²) in [5.41, 5.74) is -2.10. The maximum absolute atomic E-state index is 13.3. The largest absolute Gasteiger partial charge is 0.489 e. The van der Waals surface area contributed by atoms with Crippen molar-refractivity contribution in [3.8, 4) is 5.75 Å². The number of hydrogen-bond donors (Lipinski definition) is 1. The Morgan fingerprint density at radius 3 is 2.16 bits per heavy atom. The molecule has 1 atom stereocenters. The van der Waals surface area contributed by atoms with Gasteiger partial charge in [0.1, 0.15) is 5.75 Å². The van der Waals surface area contributed by atoms with Gasteiger partial charge in [0.2, 0.25) is 0 Å². The van der Waals surface area contributed by atoms with Crippen LogP contribution in [-0.4, -0.2) is 52.1 Å². The highest BCUT2D eigenvalue weighted by Gasteiger charge is 2.55. The molecule has 0 aliphatic carbocycles. The minimum Gasteiger partial charge on any atom is -0.489 e. The second kappa shape index (κ2) is 8.72. The van der Waals surface area contributed by atoms with Gasteiger partial charge in [-0.05, 0) is 52.8 Å². The van der Waals surface area contributed by atoms with E-state index in [0.29, 0.717) is 10.5 Å². The van der Waals surface area contributed by atoms with Crippen molar-refractivity contribution in [3.63, 3.8) is 0 Å². The third-order valence-electron chi connectivity index (χ3n) is 4.77. The Labute approximate surface area is 187 Å². The Morgan fingerprint density at radius 1 is 1.12 bits per heavy atom. The number of ketones is 2. The van der Waals surface area contributed by atoms with Gasteiger partial charge in [-0.15, -0.1) is 0 Å². The minimum atomic E-state index is -1.76. The zero-order valence-corrected chi connectivity index (χ0v) is 19.7. The van der Waals surface area contributed by atoms with Crippen LogP contribution < -0.4 is 10.1 Å². The molecule has 3 amide bonds. The predicted octanol–water partition coefficient (Wildman–Crippen LogP) is 3.36. The molecule has 0 aromatic heterocycles. The van der Waals surface area contributed by atoms with Gasteiger partial charge < -0.3 is 14.8 Å². The lowest BCUT2D eigenvalue weighted by Gasteiger charge is -2.28. The topological polar surface area (TPSA) is 119 Å². The van der Waals surface area contributed by atoms with Crippen LogP contribution in [0.3, 0.4) is 0 Å². The maximum atomic E-state index is 13.3. The molecule has 1 heterocycles. The normalized spacial score (nSPS) is 16.6. The fraction of sp³-hybridized carbons (Fsp3) is 0.522. The summed E-state index contributed by atoms with van der Waals surface area (Å²) in [6, 6.07) is 2.75. The third-order valence-corrected chi connectivity index (χ3v) is 4.77. The van der Waals surface area contributed by atoms with Gasteiger partial charge >= 0.3 is 6.09 Å². The van der Waals surface area contributed by atoms with Gasteiger partial charge in [0, 0.05) is 11.0 Å². The van der Waals surface area contributed by atoms with Crippen LogP contribution in [0.4, 0.5) is 10.5 Å². The monoisotopic (exact) mass is 446 g/mol. The Kier molecular flexibility index (Phi) is 6.82. The number of carbonyl (C=O) groups excluding carboxylic acids is 5. The van der Waals surface area contributed by atoms with Crippen LogP contribution in [0.15, 0.2) is 18.2 Å². The highest BCUT2D eigenvalue weighted by atomic mass is 16.6. The average Bonchev–Trinajstić information content (AvgIpc) is 2.83. The molecule has 1 fully saturated rings. The summed E-state index contributed by atoms with van der Waals surface area (Å²) in [4.78, 5) is 64.2. The van der Waals surface area contributed by atoms with E-state index in [2.05, 4.69) is 5.32 Å². The maximum Gasteiger partial charge on any atom is 0.418 e. The molecule has 0 saturated carbocycles. The highest BCUT2D eigenvalue weighted by molar-refractivity contribution is 6.19.